The van der Waals surface area contributed by atoms with Crippen LogP contribution in [0.15, 0.2) is 54.6 Å². The molecule has 2 aromatic carbocycles. The maximum Gasteiger partial charge on any atom is 0.315 e. The zero-order valence-corrected chi connectivity index (χ0v) is 15.2. The molecule has 0 radical (unpaired) electrons. The van der Waals surface area contributed by atoms with E-state index in [9.17, 15) is 9.59 Å². The molecule has 1 aliphatic rings. The molecule has 0 bridgehead atoms. The van der Waals surface area contributed by atoms with Crippen LogP contribution in [0.2, 0.25) is 0 Å². The van der Waals surface area contributed by atoms with Crippen molar-refractivity contribution in [2.75, 3.05) is 5.32 Å². The van der Waals surface area contributed by atoms with E-state index in [0.717, 1.165) is 29.7 Å². The van der Waals surface area contributed by atoms with Gasteiger partial charge in [0.15, 0.2) is 0 Å². The Morgan fingerprint density at radius 2 is 1.65 bits per heavy atom. The summed E-state index contributed by atoms with van der Waals surface area (Å²) in [5.74, 6) is 0.400. The molecule has 3 N–H and O–H groups in total. The van der Waals surface area contributed by atoms with Gasteiger partial charge in [0.25, 0.3) is 0 Å². The minimum atomic E-state index is -0.178. The fraction of sp³-hybridized carbons (Fsp3) is 0.333. The standard InChI is InChI=1S/C21H25N3O2/c1-14(18-9-6-10-19(13-18)23-15(2)25)22-21(26)24-20(17-11-12-17)16-7-4-3-5-8-16/h3-10,13-14,17,20H,11-12H2,1-2H3,(H,23,25)(H2,22,24,26). The number of hydrogen-bond acceptors (Lipinski definition) is 2. The highest BCUT2D eigenvalue weighted by atomic mass is 16.2. The van der Waals surface area contributed by atoms with E-state index in [1.165, 1.54) is 6.92 Å². The van der Waals surface area contributed by atoms with Gasteiger partial charge in [-0.2, -0.15) is 0 Å². The molecule has 1 aliphatic carbocycles. The fourth-order valence-corrected chi connectivity index (χ4v) is 3.12. The maximum atomic E-state index is 12.5. The second-order valence-corrected chi connectivity index (χ2v) is 6.87. The van der Waals surface area contributed by atoms with Crippen LogP contribution in [0.3, 0.4) is 0 Å². The molecule has 2 aromatic rings. The number of carbonyl (C=O) groups is 2. The molecule has 2 atom stereocenters. The highest BCUT2D eigenvalue weighted by molar-refractivity contribution is 5.88. The first-order valence-corrected chi connectivity index (χ1v) is 9.02. The van der Waals surface area contributed by atoms with Gasteiger partial charge in [-0.15, -0.1) is 0 Å². The van der Waals surface area contributed by atoms with E-state index < -0.39 is 0 Å². The molecular weight excluding hydrogens is 326 g/mol. The highest BCUT2D eigenvalue weighted by Gasteiger charge is 2.33. The lowest BCUT2D eigenvalue weighted by molar-refractivity contribution is -0.114. The molecule has 1 saturated carbocycles. The van der Waals surface area contributed by atoms with Crippen molar-refractivity contribution >= 4 is 17.6 Å². The number of amides is 3. The Morgan fingerprint density at radius 3 is 2.31 bits per heavy atom. The summed E-state index contributed by atoms with van der Waals surface area (Å²) in [6.45, 7) is 3.41. The zero-order valence-electron chi connectivity index (χ0n) is 15.2. The van der Waals surface area contributed by atoms with Gasteiger partial charge in [-0.25, -0.2) is 4.79 Å². The Morgan fingerprint density at radius 1 is 0.962 bits per heavy atom. The molecule has 136 valence electrons. The van der Waals surface area contributed by atoms with E-state index in [4.69, 9.17) is 0 Å². The predicted molar refractivity (Wildman–Crippen MR) is 103 cm³/mol. The van der Waals surface area contributed by atoms with Crippen molar-refractivity contribution in [3.63, 3.8) is 0 Å². The third-order valence-electron chi connectivity index (χ3n) is 4.59. The van der Waals surface area contributed by atoms with Crippen molar-refractivity contribution in [3.8, 4) is 0 Å². The third kappa shape index (κ3) is 4.85. The van der Waals surface area contributed by atoms with Crippen molar-refractivity contribution in [1.82, 2.24) is 10.6 Å². The lowest BCUT2D eigenvalue weighted by Crippen LogP contribution is -2.39. The van der Waals surface area contributed by atoms with Gasteiger partial charge in [0.05, 0.1) is 12.1 Å². The second-order valence-electron chi connectivity index (χ2n) is 6.87. The highest BCUT2D eigenvalue weighted by Crippen LogP contribution is 2.40. The summed E-state index contributed by atoms with van der Waals surface area (Å²) in [6, 6.07) is 17.3. The summed E-state index contributed by atoms with van der Waals surface area (Å²) in [6.07, 6.45) is 2.29. The van der Waals surface area contributed by atoms with Gasteiger partial charge in [0.1, 0.15) is 0 Å². The van der Waals surface area contributed by atoms with Gasteiger partial charge in [-0.1, -0.05) is 42.5 Å². The predicted octanol–water partition coefficient (Wildman–Crippen LogP) is 4.16. The van der Waals surface area contributed by atoms with Crippen LogP contribution in [0.5, 0.6) is 0 Å². The third-order valence-corrected chi connectivity index (χ3v) is 4.59. The van der Waals surface area contributed by atoms with Gasteiger partial charge < -0.3 is 16.0 Å². The van der Waals surface area contributed by atoms with E-state index in [2.05, 4.69) is 28.1 Å². The number of anilines is 1. The number of carbonyl (C=O) groups excluding carboxylic acids is 2. The van der Waals surface area contributed by atoms with Crippen LogP contribution >= 0.6 is 0 Å². The first-order chi connectivity index (χ1) is 12.5. The van der Waals surface area contributed by atoms with E-state index >= 15 is 0 Å². The molecule has 0 aromatic heterocycles. The van der Waals surface area contributed by atoms with Gasteiger partial charge >= 0.3 is 6.03 Å². The average molecular weight is 351 g/mol. The Kier molecular flexibility index (Phi) is 5.56. The molecule has 3 rings (SSSR count). The average Bonchev–Trinajstić information content (AvgIpc) is 3.45. The van der Waals surface area contributed by atoms with Crippen molar-refractivity contribution in [2.45, 2.75) is 38.8 Å². The van der Waals surface area contributed by atoms with Crippen molar-refractivity contribution in [1.29, 1.82) is 0 Å². The first kappa shape index (κ1) is 18.0. The second kappa shape index (κ2) is 8.04. The normalized spacial score (nSPS) is 15.6. The number of hydrogen-bond donors (Lipinski definition) is 3. The molecule has 0 aliphatic heterocycles. The summed E-state index contributed by atoms with van der Waals surface area (Å²) in [5, 5.41) is 8.88. The van der Waals surface area contributed by atoms with Gasteiger partial charge in [-0.3, -0.25) is 4.79 Å². The number of benzene rings is 2. The monoisotopic (exact) mass is 351 g/mol. The molecule has 0 saturated heterocycles. The Labute approximate surface area is 154 Å². The van der Waals surface area contributed by atoms with Gasteiger partial charge in [0.2, 0.25) is 5.91 Å². The lowest BCUT2D eigenvalue weighted by atomic mass is 10.0. The van der Waals surface area contributed by atoms with Crippen molar-refractivity contribution in [2.24, 2.45) is 5.92 Å². The summed E-state index contributed by atoms with van der Waals surface area (Å²) < 4.78 is 0. The van der Waals surface area contributed by atoms with Crippen LogP contribution in [-0.4, -0.2) is 11.9 Å². The largest absolute Gasteiger partial charge is 0.332 e. The minimum absolute atomic E-state index is 0.0501. The Hall–Kier alpha value is -2.82. The van der Waals surface area contributed by atoms with Crippen molar-refractivity contribution in [3.05, 3.63) is 65.7 Å². The molecule has 3 amide bonds. The maximum absolute atomic E-state index is 12.5. The Balaban J connectivity index is 1.62. The van der Waals surface area contributed by atoms with Crippen molar-refractivity contribution < 1.29 is 9.59 Å². The van der Waals surface area contributed by atoms with Gasteiger partial charge in [0, 0.05) is 12.6 Å². The van der Waals surface area contributed by atoms with E-state index in [0.29, 0.717) is 5.92 Å². The number of urea groups is 1. The molecule has 0 spiro atoms. The molecular formula is C21H25N3O2. The lowest BCUT2D eigenvalue weighted by Gasteiger charge is -2.22. The molecule has 26 heavy (non-hydrogen) atoms. The van der Waals surface area contributed by atoms with E-state index in [-0.39, 0.29) is 24.0 Å². The number of nitrogens with one attached hydrogen (secondary N) is 3. The van der Waals surface area contributed by atoms with Gasteiger partial charge in [-0.05, 0) is 48.9 Å². The topological polar surface area (TPSA) is 70.2 Å². The first-order valence-electron chi connectivity index (χ1n) is 9.02. The quantitative estimate of drug-likeness (QED) is 0.731. The summed E-state index contributed by atoms with van der Waals surface area (Å²) in [5.41, 5.74) is 2.81. The van der Waals surface area contributed by atoms with Crippen LogP contribution < -0.4 is 16.0 Å². The number of rotatable bonds is 6. The Bertz CT molecular complexity index is 772. The molecule has 2 unspecified atom stereocenters. The molecule has 5 heteroatoms. The van der Waals surface area contributed by atoms with Crippen LogP contribution in [0.25, 0.3) is 0 Å². The van der Waals surface area contributed by atoms with Crippen LogP contribution in [-0.2, 0) is 4.79 Å². The summed E-state index contributed by atoms with van der Waals surface area (Å²) in [7, 11) is 0. The SMILES string of the molecule is CC(=O)Nc1cccc(C(C)NC(=O)NC(c2ccccc2)C2CC2)c1. The van der Waals surface area contributed by atoms with E-state index in [1.54, 1.807) is 0 Å². The fourth-order valence-electron chi connectivity index (χ4n) is 3.12. The summed E-state index contributed by atoms with van der Waals surface area (Å²) in [4.78, 5) is 23.7. The zero-order chi connectivity index (χ0) is 18.5. The molecule has 1 fully saturated rings. The van der Waals surface area contributed by atoms with Crippen LogP contribution in [0.4, 0.5) is 10.5 Å². The molecule has 0 heterocycles. The van der Waals surface area contributed by atoms with Crippen LogP contribution in [0.1, 0.15) is 49.9 Å². The van der Waals surface area contributed by atoms with Crippen LogP contribution in [0, 0.1) is 5.92 Å². The minimum Gasteiger partial charge on any atom is -0.332 e. The van der Waals surface area contributed by atoms with E-state index in [1.807, 2.05) is 49.4 Å². The smallest absolute Gasteiger partial charge is 0.315 e. The molecule has 5 nitrogen and oxygen atoms in total. The summed E-state index contributed by atoms with van der Waals surface area (Å²) >= 11 is 0.